The zero-order valence-corrected chi connectivity index (χ0v) is 48.7. The summed E-state index contributed by atoms with van der Waals surface area (Å²) in [5.74, 6) is -5.35. The highest BCUT2D eigenvalue weighted by molar-refractivity contribution is 7.52. The van der Waals surface area contributed by atoms with Crippen molar-refractivity contribution in [1.82, 2.24) is 25.4 Å². The standard InChI is InChI=1S/C65H68F2N7O12P/c66-65(67,87(84,85)86)45-27-30-51-44(34-45)36-53(73(51)58(78)25-13-5-3-1-2-4-8-20-41-21-15-24-46-48(41)38-72(63(46)82)52-31-33-57(77)71-60(52)79)61(80)70-50-28-26-42-22-14-23-43-35-54(74(59(42)43)64(50)83)62(81)69-49(29-32-56(68)76)55(75)37-47(39-16-9-6-10-17-39)40-18-11-7-12-19-40/h6-7,9-12,14-19,21-24,27,30,34,36,47,49-50,52,54H,1-5,8,13,20,25-26,28-29,31-33,35,37-38H2,(H2,68,76)(H,69,81)(H,70,80)(H,71,77,79)(H2,84,85,86)/t49-,50-,52?,54-/m0/s1. The second kappa shape index (κ2) is 26.2. The Hall–Kier alpha value is -8.52. The van der Waals surface area contributed by atoms with E-state index >= 15 is 13.6 Å². The molecule has 0 saturated carbocycles. The Morgan fingerprint density at radius 2 is 1.43 bits per heavy atom. The number of halogens is 2. The lowest BCUT2D eigenvalue weighted by molar-refractivity contribution is -0.137. The van der Waals surface area contributed by atoms with E-state index in [-0.39, 0.29) is 92.0 Å². The number of rotatable bonds is 25. The molecule has 454 valence electrons. The number of unbranched alkanes of at least 4 members (excludes halogenated alkanes) is 6. The first-order valence-corrected chi connectivity index (χ1v) is 31.2. The minimum atomic E-state index is -6.02. The third-order valence-corrected chi connectivity index (χ3v) is 18.2. The first-order chi connectivity index (χ1) is 41.7. The second-order valence-electron chi connectivity index (χ2n) is 23.0. The highest BCUT2D eigenvalue weighted by Crippen LogP contribution is 2.59. The molecule has 5 heterocycles. The van der Waals surface area contributed by atoms with E-state index in [1.165, 1.54) is 4.90 Å². The largest absolute Gasteiger partial charge is 0.399 e. The Bertz CT molecular complexity index is 3700. The van der Waals surface area contributed by atoms with Crippen molar-refractivity contribution in [3.63, 3.8) is 0 Å². The monoisotopic (exact) mass is 1210 g/mol. The molecule has 5 aromatic carbocycles. The van der Waals surface area contributed by atoms with Gasteiger partial charge in [-0.15, -0.1) is 0 Å². The molecule has 1 unspecified atom stereocenters. The quantitative estimate of drug-likeness (QED) is 0.0180. The van der Waals surface area contributed by atoms with Gasteiger partial charge in [0.1, 0.15) is 23.8 Å². The fraction of sp³-hybridized carbons (Fsp3) is 0.369. The summed E-state index contributed by atoms with van der Waals surface area (Å²) < 4.78 is 43.3. The molecule has 0 bridgehead atoms. The number of aryl methyl sites for hydroxylation is 2. The van der Waals surface area contributed by atoms with E-state index in [0.717, 1.165) is 89.6 Å². The fourth-order valence-corrected chi connectivity index (χ4v) is 13.2. The van der Waals surface area contributed by atoms with Gasteiger partial charge in [0.05, 0.1) is 17.2 Å². The van der Waals surface area contributed by atoms with E-state index in [9.17, 15) is 52.7 Å². The predicted molar refractivity (Wildman–Crippen MR) is 317 cm³/mol. The molecule has 1 aromatic heterocycles. The summed E-state index contributed by atoms with van der Waals surface area (Å²) >= 11 is 0. The number of primary amides is 1. The van der Waals surface area contributed by atoms with Crippen LogP contribution >= 0.6 is 7.60 Å². The van der Waals surface area contributed by atoms with Crippen molar-refractivity contribution in [1.29, 1.82) is 0 Å². The number of benzene rings is 5. The molecule has 10 rings (SSSR count). The number of hydrogen-bond acceptors (Lipinski definition) is 10. The highest BCUT2D eigenvalue weighted by Gasteiger charge is 2.51. The molecule has 7 amide bonds. The molecule has 87 heavy (non-hydrogen) atoms. The summed E-state index contributed by atoms with van der Waals surface area (Å²) in [5, 5.41) is 7.86. The van der Waals surface area contributed by atoms with Crippen LogP contribution in [0.5, 0.6) is 0 Å². The Kier molecular flexibility index (Phi) is 18.6. The minimum absolute atomic E-state index is 0.00679. The molecule has 22 heteroatoms. The van der Waals surface area contributed by atoms with Gasteiger partial charge in [-0.05, 0) is 103 Å². The molecule has 1 fully saturated rings. The SMILES string of the molecule is NC(=O)CC[C@H](NC(=O)[C@@H]1Cc2cccc3c2N1C(=O)[C@@H](NC(=O)c1cc2cc(C(F)(F)P(=O)(O)O)ccc2n1C(=O)CCCCCCCCCc1cccc2c1CN(C1CCC(=O)NC1=O)C2=O)CC3)C(=O)CC(c1ccccc1)c1ccccc1. The molecule has 0 radical (unpaired) electrons. The zero-order chi connectivity index (χ0) is 61.7. The van der Waals surface area contributed by atoms with Crippen LogP contribution in [0.3, 0.4) is 0 Å². The van der Waals surface area contributed by atoms with Gasteiger partial charge in [0, 0.05) is 61.1 Å². The third-order valence-electron chi connectivity index (χ3n) is 17.2. The maximum absolute atomic E-state index is 15.2. The van der Waals surface area contributed by atoms with E-state index in [4.69, 9.17) is 5.73 Å². The summed E-state index contributed by atoms with van der Waals surface area (Å²) in [6.07, 6.45) is 6.32. The Morgan fingerprint density at radius 1 is 0.759 bits per heavy atom. The topological polar surface area (TPSA) is 285 Å². The van der Waals surface area contributed by atoms with Gasteiger partial charge in [0.25, 0.3) is 11.8 Å². The normalized spacial score (nSPS) is 17.9. The fourth-order valence-electron chi connectivity index (χ4n) is 12.7. The first-order valence-electron chi connectivity index (χ1n) is 29.5. The van der Waals surface area contributed by atoms with Crippen LogP contribution in [0, 0.1) is 0 Å². The lowest BCUT2D eigenvalue weighted by Crippen LogP contribution is -2.56. The number of ketones is 1. The average molecular weight is 1210 g/mol. The number of aromatic nitrogens is 1. The molecular weight excluding hydrogens is 1140 g/mol. The van der Waals surface area contributed by atoms with Gasteiger partial charge in [-0.1, -0.05) is 129 Å². The number of amides is 7. The molecule has 4 aliphatic heterocycles. The third kappa shape index (κ3) is 13.3. The molecule has 4 atom stereocenters. The zero-order valence-electron chi connectivity index (χ0n) is 47.8. The van der Waals surface area contributed by atoms with Crippen LogP contribution in [0.2, 0.25) is 0 Å². The Morgan fingerprint density at radius 3 is 2.10 bits per heavy atom. The number of alkyl halides is 2. The lowest BCUT2D eigenvalue weighted by atomic mass is 9.85. The van der Waals surface area contributed by atoms with Crippen LogP contribution in [0.4, 0.5) is 14.5 Å². The van der Waals surface area contributed by atoms with Crippen molar-refractivity contribution >= 4 is 77.2 Å². The van der Waals surface area contributed by atoms with Crippen molar-refractivity contribution in [2.45, 2.75) is 151 Å². The average Bonchev–Trinajstić information content (AvgIpc) is 1.77. The van der Waals surface area contributed by atoms with Gasteiger partial charge >= 0.3 is 13.3 Å². The molecular formula is C65H68F2N7O12P. The number of nitrogens with one attached hydrogen (secondary N) is 3. The second-order valence-corrected chi connectivity index (χ2v) is 24.6. The van der Waals surface area contributed by atoms with Gasteiger partial charge in [-0.25, -0.2) is 0 Å². The van der Waals surface area contributed by atoms with Crippen LogP contribution in [0.1, 0.15) is 160 Å². The maximum atomic E-state index is 15.2. The number of nitrogens with two attached hydrogens (primary N) is 1. The number of anilines is 1. The summed E-state index contributed by atoms with van der Waals surface area (Å²) in [6, 6.07) is 29.2. The molecule has 0 spiro atoms. The number of carbonyl (C=O) groups is 9. The van der Waals surface area contributed by atoms with E-state index in [2.05, 4.69) is 16.0 Å². The minimum Gasteiger partial charge on any atom is -0.370 e. The highest BCUT2D eigenvalue weighted by atomic mass is 31.2. The molecule has 1 saturated heterocycles. The molecule has 6 aromatic rings. The summed E-state index contributed by atoms with van der Waals surface area (Å²) in [7, 11) is -6.02. The number of Topliss-reactive ketones (excluding diaryl/α,β-unsaturated/α-hetero) is 1. The maximum Gasteiger partial charge on any atom is 0.399 e. The summed E-state index contributed by atoms with van der Waals surface area (Å²) in [5.41, 5.74) is 5.67. The van der Waals surface area contributed by atoms with Crippen molar-refractivity contribution in [3.05, 3.63) is 172 Å². The number of carbonyl (C=O) groups excluding carboxylic acids is 9. The number of imide groups is 1. The van der Waals surface area contributed by atoms with Crippen LogP contribution in [0.25, 0.3) is 10.9 Å². The number of para-hydroxylation sites is 1. The number of hydrogen-bond donors (Lipinski definition) is 6. The molecule has 19 nitrogen and oxygen atoms in total. The Labute approximate surface area is 500 Å². The van der Waals surface area contributed by atoms with E-state index in [0.29, 0.717) is 41.8 Å². The lowest BCUT2D eigenvalue weighted by Gasteiger charge is -2.29. The van der Waals surface area contributed by atoms with Crippen LogP contribution < -0.4 is 26.6 Å². The number of fused-ring (bicyclic) bond motifs is 2. The summed E-state index contributed by atoms with van der Waals surface area (Å²) in [6.45, 7) is 0.299. The van der Waals surface area contributed by atoms with Gasteiger partial charge < -0.3 is 31.1 Å². The van der Waals surface area contributed by atoms with Crippen LogP contribution in [-0.4, -0.2) is 96.5 Å². The number of piperidine rings is 1. The predicted octanol–water partition coefficient (Wildman–Crippen LogP) is 8.18. The smallest absolute Gasteiger partial charge is 0.370 e. The van der Waals surface area contributed by atoms with Crippen molar-refractivity contribution < 1.29 is 66.3 Å². The number of nitrogens with zero attached hydrogens (tertiary/aromatic N) is 3. The summed E-state index contributed by atoms with van der Waals surface area (Å²) in [4.78, 5) is 145. The van der Waals surface area contributed by atoms with Crippen molar-refractivity contribution in [2.24, 2.45) is 5.73 Å². The van der Waals surface area contributed by atoms with Gasteiger partial charge in [-0.3, -0.25) is 62.5 Å². The first kappa shape index (κ1) is 61.6. The van der Waals surface area contributed by atoms with E-state index in [1.54, 1.807) is 29.2 Å². The molecule has 4 aliphatic rings. The molecule has 0 aliphatic carbocycles. The van der Waals surface area contributed by atoms with Crippen molar-refractivity contribution in [2.75, 3.05) is 4.90 Å². The van der Waals surface area contributed by atoms with E-state index in [1.807, 2.05) is 72.8 Å². The van der Waals surface area contributed by atoms with Crippen LogP contribution in [-0.2, 0) is 64.8 Å². The van der Waals surface area contributed by atoms with Gasteiger partial charge in [0.2, 0.25) is 35.4 Å². The van der Waals surface area contributed by atoms with Crippen LogP contribution in [0.15, 0.2) is 121 Å². The molecule has 7 N–H and O–H groups in total. The van der Waals surface area contributed by atoms with E-state index < -0.39 is 84.4 Å². The Balaban J connectivity index is 0.806. The van der Waals surface area contributed by atoms with Crippen molar-refractivity contribution in [3.8, 4) is 0 Å². The van der Waals surface area contributed by atoms with Gasteiger partial charge in [0.15, 0.2) is 5.78 Å². The van der Waals surface area contributed by atoms with Gasteiger partial charge in [-0.2, -0.15) is 8.78 Å².